The highest BCUT2D eigenvalue weighted by Gasteiger charge is 2.16. The van der Waals surface area contributed by atoms with Crippen LogP contribution in [0.5, 0.6) is 0 Å². The van der Waals surface area contributed by atoms with E-state index < -0.39 is 5.97 Å². The van der Waals surface area contributed by atoms with E-state index in [9.17, 15) is 9.59 Å². The van der Waals surface area contributed by atoms with E-state index in [1.165, 1.54) is 23.4 Å². The van der Waals surface area contributed by atoms with Gasteiger partial charge in [-0.3, -0.25) is 9.48 Å². The number of aromatic nitrogens is 2. The molecule has 0 radical (unpaired) electrons. The van der Waals surface area contributed by atoms with E-state index in [4.69, 9.17) is 5.11 Å². The first-order valence-corrected chi connectivity index (χ1v) is 6.48. The average Bonchev–Trinajstić information content (AvgIpc) is 2.52. The van der Waals surface area contributed by atoms with Crippen LogP contribution in [0.15, 0.2) is 6.08 Å². The van der Waals surface area contributed by atoms with Crippen LogP contribution in [0, 0.1) is 6.92 Å². The molecule has 0 saturated heterocycles. The first-order valence-electron chi connectivity index (χ1n) is 5.50. The van der Waals surface area contributed by atoms with E-state index in [1.54, 1.807) is 20.0 Å². The number of nitrogens with zero attached hydrogens (tertiary/aromatic N) is 2. The van der Waals surface area contributed by atoms with Crippen LogP contribution in [-0.4, -0.2) is 31.7 Å². The van der Waals surface area contributed by atoms with Gasteiger partial charge in [0.1, 0.15) is 0 Å². The quantitative estimate of drug-likeness (QED) is 0.828. The molecule has 0 spiro atoms. The van der Waals surface area contributed by atoms with Gasteiger partial charge < -0.3 is 5.11 Å². The van der Waals surface area contributed by atoms with Crippen molar-refractivity contribution in [2.24, 2.45) is 7.05 Å². The zero-order chi connectivity index (χ0) is 13.7. The fraction of sp³-hybridized carbons (Fsp3) is 0.417. The smallest absolute Gasteiger partial charge is 0.354 e. The zero-order valence-electron chi connectivity index (χ0n) is 10.6. The van der Waals surface area contributed by atoms with E-state index in [-0.39, 0.29) is 10.8 Å². The fourth-order valence-electron chi connectivity index (χ4n) is 1.60. The minimum absolute atomic E-state index is 0.0900. The maximum atomic E-state index is 11.1. The molecule has 0 atom stereocenters. The molecule has 98 valence electrons. The van der Waals surface area contributed by atoms with Crippen LogP contribution in [0.25, 0.3) is 6.08 Å². The highest BCUT2D eigenvalue weighted by Crippen LogP contribution is 2.16. The molecular formula is C12H16N2O3S. The summed E-state index contributed by atoms with van der Waals surface area (Å²) < 4.78 is 1.36. The number of hydrogen-bond donors (Lipinski definition) is 1. The van der Waals surface area contributed by atoms with Crippen molar-refractivity contribution >= 4 is 28.9 Å². The van der Waals surface area contributed by atoms with Gasteiger partial charge in [0.05, 0.1) is 5.69 Å². The number of rotatable bonds is 5. The van der Waals surface area contributed by atoms with Crippen LogP contribution in [0.2, 0.25) is 0 Å². The van der Waals surface area contributed by atoms with Crippen LogP contribution >= 0.6 is 11.8 Å². The third-order valence-electron chi connectivity index (χ3n) is 2.35. The molecule has 1 aromatic heterocycles. The van der Waals surface area contributed by atoms with Gasteiger partial charge in [-0.1, -0.05) is 23.9 Å². The Morgan fingerprint density at radius 3 is 2.72 bits per heavy atom. The lowest BCUT2D eigenvalue weighted by Crippen LogP contribution is -2.06. The molecular weight excluding hydrogens is 252 g/mol. The molecule has 5 nitrogen and oxygen atoms in total. The van der Waals surface area contributed by atoms with Gasteiger partial charge in [0.25, 0.3) is 0 Å². The van der Waals surface area contributed by atoms with Crippen LogP contribution < -0.4 is 0 Å². The second kappa shape index (κ2) is 6.39. The molecule has 1 N–H and O–H groups in total. The standard InChI is InChI=1S/C12H16N2O3S/c1-8-10(6-4-5-7-18-9(2)15)11(12(16)17)14(3)13-8/h4,6H,5,7H2,1-3H3,(H,16,17). The molecule has 0 fully saturated rings. The van der Waals surface area contributed by atoms with Gasteiger partial charge in [0.15, 0.2) is 10.8 Å². The summed E-state index contributed by atoms with van der Waals surface area (Å²) in [6, 6.07) is 0. The summed E-state index contributed by atoms with van der Waals surface area (Å²) in [6.07, 6.45) is 4.34. The summed E-state index contributed by atoms with van der Waals surface area (Å²) >= 11 is 1.26. The number of carbonyl (C=O) groups excluding carboxylic acids is 1. The molecule has 0 aromatic carbocycles. The largest absolute Gasteiger partial charge is 0.477 e. The lowest BCUT2D eigenvalue weighted by molar-refractivity contribution is -0.109. The second-order valence-corrected chi connectivity index (χ2v) is 5.08. The predicted octanol–water partition coefficient (Wildman–Crippen LogP) is 2.11. The predicted molar refractivity (Wildman–Crippen MR) is 71.7 cm³/mol. The Kier molecular flexibility index (Phi) is 5.15. The number of thioether (sulfide) groups is 1. The average molecular weight is 268 g/mol. The third kappa shape index (κ3) is 3.73. The summed E-state index contributed by atoms with van der Waals surface area (Å²) in [4.78, 5) is 21.8. The van der Waals surface area contributed by atoms with E-state index in [2.05, 4.69) is 5.10 Å². The van der Waals surface area contributed by atoms with Crippen molar-refractivity contribution in [2.75, 3.05) is 5.75 Å². The van der Waals surface area contributed by atoms with E-state index in [1.807, 2.05) is 6.08 Å². The molecule has 0 aliphatic rings. The van der Waals surface area contributed by atoms with Crippen LogP contribution in [-0.2, 0) is 11.8 Å². The van der Waals surface area contributed by atoms with E-state index >= 15 is 0 Å². The minimum Gasteiger partial charge on any atom is -0.477 e. The second-order valence-electron chi connectivity index (χ2n) is 3.81. The van der Waals surface area contributed by atoms with E-state index in [0.717, 1.165) is 6.42 Å². The highest BCUT2D eigenvalue weighted by atomic mass is 32.2. The summed E-state index contributed by atoms with van der Waals surface area (Å²) in [5.41, 5.74) is 1.49. The number of aromatic carboxylic acids is 1. The topological polar surface area (TPSA) is 72.2 Å². The van der Waals surface area contributed by atoms with Gasteiger partial charge in [0.2, 0.25) is 0 Å². The van der Waals surface area contributed by atoms with Crippen molar-refractivity contribution in [1.82, 2.24) is 9.78 Å². The van der Waals surface area contributed by atoms with Crippen LogP contribution in [0.1, 0.15) is 35.1 Å². The number of carboxylic acids is 1. The Hall–Kier alpha value is -1.56. The van der Waals surface area contributed by atoms with Gasteiger partial charge in [-0.25, -0.2) is 4.79 Å². The zero-order valence-corrected chi connectivity index (χ0v) is 11.5. The Labute approximate surface area is 110 Å². The number of allylic oxidation sites excluding steroid dienone is 1. The Bertz CT molecular complexity index is 492. The maximum absolute atomic E-state index is 11.1. The highest BCUT2D eigenvalue weighted by molar-refractivity contribution is 8.13. The molecule has 0 aliphatic carbocycles. The third-order valence-corrected chi connectivity index (χ3v) is 3.19. The lowest BCUT2D eigenvalue weighted by atomic mass is 10.1. The fourth-order valence-corrected chi connectivity index (χ4v) is 2.14. The molecule has 18 heavy (non-hydrogen) atoms. The van der Waals surface area contributed by atoms with E-state index in [0.29, 0.717) is 17.0 Å². The molecule has 1 rings (SSSR count). The normalized spacial score (nSPS) is 11.1. The van der Waals surface area contributed by atoms with Gasteiger partial charge in [-0.15, -0.1) is 0 Å². The summed E-state index contributed by atoms with van der Waals surface area (Å²) in [5, 5.41) is 13.3. The Morgan fingerprint density at radius 1 is 1.50 bits per heavy atom. The number of hydrogen-bond acceptors (Lipinski definition) is 4. The van der Waals surface area contributed by atoms with Crippen LogP contribution in [0.4, 0.5) is 0 Å². The Balaban J connectivity index is 2.75. The Morgan fingerprint density at radius 2 is 2.17 bits per heavy atom. The van der Waals surface area contributed by atoms with Gasteiger partial charge in [-0.2, -0.15) is 5.10 Å². The maximum Gasteiger partial charge on any atom is 0.354 e. The first kappa shape index (κ1) is 14.5. The van der Waals surface area contributed by atoms with Crippen molar-refractivity contribution < 1.29 is 14.7 Å². The van der Waals surface area contributed by atoms with Gasteiger partial charge in [0, 0.05) is 25.3 Å². The molecule has 0 unspecified atom stereocenters. The molecule has 1 heterocycles. The van der Waals surface area contributed by atoms with Crippen molar-refractivity contribution in [3.8, 4) is 0 Å². The summed E-state index contributed by atoms with van der Waals surface area (Å²) in [7, 11) is 1.61. The van der Waals surface area contributed by atoms with Gasteiger partial charge in [-0.05, 0) is 13.3 Å². The van der Waals surface area contributed by atoms with Crippen molar-refractivity contribution in [3.63, 3.8) is 0 Å². The molecule has 0 amide bonds. The number of carboxylic acid groups (broad SMARTS) is 1. The molecule has 0 saturated carbocycles. The number of carbonyl (C=O) groups is 2. The number of aryl methyl sites for hydroxylation is 2. The van der Waals surface area contributed by atoms with Crippen molar-refractivity contribution in [1.29, 1.82) is 0 Å². The molecule has 0 bridgehead atoms. The van der Waals surface area contributed by atoms with Crippen LogP contribution in [0.3, 0.4) is 0 Å². The lowest BCUT2D eigenvalue weighted by Gasteiger charge is -1.97. The monoisotopic (exact) mass is 268 g/mol. The SMILES string of the molecule is CC(=O)SCCC=Cc1c(C)nn(C)c1C(=O)O. The minimum atomic E-state index is -0.990. The molecule has 1 aromatic rings. The summed E-state index contributed by atoms with van der Waals surface area (Å²) in [5.74, 6) is -0.288. The van der Waals surface area contributed by atoms with Gasteiger partial charge >= 0.3 is 5.97 Å². The summed E-state index contributed by atoms with van der Waals surface area (Å²) in [6.45, 7) is 3.30. The molecule has 0 aliphatic heterocycles. The van der Waals surface area contributed by atoms with Crippen molar-refractivity contribution in [2.45, 2.75) is 20.3 Å². The molecule has 6 heteroatoms. The first-order chi connectivity index (χ1) is 8.43. The van der Waals surface area contributed by atoms with Crippen molar-refractivity contribution in [3.05, 3.63) is 23.0 Å².